The minimum Gasteiger partial charge on any atom is -0.467 e. The first-order chi connectivity index (χ1) is 10.1. The number of methoxy groups -OCH3 is 1. The lowest BCUT2D eigenvalue weighted by atomic mass is 10.2. The van der Waals surface area contributed by atoms with Crippen molar-refractivity contribution in [3.8, 4) is 6.01 Å². The molecule has 8 nitrogen and oxygen atoms in total. The maximum absolute atomic E-state index is 5.10. The quantitative estimate of drug-likeness (QED) is 0.796. The zero-order valence-electron chi connectivity index (χ0n) is 12.8. The molecule has 0 amide bonds. The lowest BCUT2D eigenvalue weighted by Gasteiger charge is -2.09. The van der Waals surface area contributed by atoms with Crippen LogP contribution in [0.5, 0.6) is 6.01 Å². The van der Waals surface area contributed by atoms with Crippen LogP contribution in [0.1, 0.15) is 24.6 Å². The molecule has 2 aromatic rings. The number of nitrogens with zero attached hydrogens (tertiary/aromatic N) is 5. The molecule has 0 bridgehead atoms. The van der Waals surface area contributed by atoms with Crippen LogP contribution >= 0.6 is 0 Å². The zero-order chi connectivity index (χ0) is 15.2. The maximum atomic E-state index is 5.10. The summed E-state index contributed by atoms with van der Waals surface area (Å²) in [6, 6.07) is 0.286. The Morgan fingerprint density at radius 3 is 2.48 bits per heavy atom. The van der Waals surface area contributed by atoms with Crippen molar-refractivity contribution < 1.29 is 4.74 Å². The fourth-order valence-electron chi connectivity index (χ4n) is 1.73. The average Bonchev–Trinajstić information content (AvgIpc) is 2.82. The number of rotatable bonds is 7. The molecule has 0 fully saturated rings. The predicted octanol–water partition coefficient (Wildman–Crippen LogP) is 1.36. The van der Waals surface area contributed by atoms with Crippen LogP contribution in [0, 0.1) is 6.92 Å². The highest BCUT2D eigenvalue weighted by molar-refractivity contribution is 5.36. The van der Waals surface area contributed by atoms with E-state index in [9.17, 15) is 0 Å². The number of hydrogen-bond donors (Lipinski definition) is 2. The fourth-order valence-corrected chi connectivity index (χ4v) is 1.73. The molecule has 0 aromatic carbocycles. The molecule has 2 N–H and O–H groups in total. The maximum Gasteiger partial charge on any atom is 0.322 e. The summed E-state index contributed by atoms with van der Waals surface area (Å²) in [6.07, 6.45) is 2.82. The molecule has 0 aliphatic rings. The Bertz CT molecular complexity index is 596. The average molecular weight is 291 g/mol. The van der Waals surface area contributed by atoms with E-state index >= 15 is 0 Å². The summed E-state index contributed by atoms with van der Waals surface area (Å²) in [4.78, 5) is 12.7. The molecule has 8 heteroatoms. The SMILES string of the molecule is CCCNc1nc(NCc2cnn(C)c2C)nc(OC)n1. The van der Waals surface area contributed by atoms with E-state index in [2.05, 4.69) is 37.6 Å². The topological polar surface area (TPSA) is 89.8 Å². The second-order valence-corrected chi connectivity index (χ2v) is 4.63. The molecular weight excluding hydrogens is 270 g/mol. The van der Waals surface area contributed by atoms with Gasteiger partial charge in [-0.05, 0) is 13.3 Å². The summed E-state index contributed by atoms with van der Waals surface area (Å²) in [5.74, 6) is 0.984. The second-order valence-electron chi connectivity index (χ2n) is 4.63. The third kappa shape index (κ3) is 3.80. The highest BCUT2D eigenvalue weighted by atomic mass is 16.5. The van der Waals surface area contributed by atoms with Crippen LogP contribution < -0.4 is 15.4 Å². The van der Waals surface area contributed by atoms with Gasteiger partial charge in [-0.15, -0.1) is 0 Å². The van der Waals surface area contributed by atoms with Crippen molar-refractivity contribution in [1.82, 2.24) is 24.7 Å². The lowest BCUT2D eigenvalue weighted by Crippen LogP contribution is -2.11. The number of anilines is 2. The largest absolute Gasteiger partial charge is 0.467 e. The van der Waals surface area contributed by atoms with Crippen molar-refractivity contribution in [1.29, 1.82) is 0 Å². The van der Waals surface area contributed by atoms with Crippen molar-refractivity contribution in [3.05, 3.63) is 17.5 Å². The van der Waals surface area contributed by atoms with Gasteiger partial charge in [-0.2, -0.15) is 20.1 Å². The Kier molecular flexibility index (Phi) is 4.91. The first-order valence-electron chi connectivity index (χ1n) is 6.89. The van der Waals surface area contributed by atoms with E-state index in [0.717, 1.165) is 24.2 Å². The van der Waals surface area contributed by atoms with E-state index in [-0.39, 0.29) is 6.01 Å². The number of aryl methyl sites for hydroxylation is 1. The van der Waals surface area contributed by atoms with Gasteiger partial charge in [0.25, 0.3) is 0 Å². The van der Waals surface area contributed by atoms with E-state index in [1.165, 1.54) is 7.11 Å². The van der Waals surface area contributed by atoms with Crippen molar-refractivity contribution in [2.75, 3.05) is 24.3 Å². The summed E-state index contributed by atoms with van der Waals surface area (Å²) in [7, 11) is 3.45. The highest BCUT2D eigenvalue weighted by Gasteiger charge is 2.08. The molecule has 0 radical (unpaired) electrons. The van der Waals surface area contributed by atoms with Crippen LogP contribution in [0.2, 0.25) is 0 Å². The smallest absolute Gasteiger partial charge is 0.322 e. The zero-order valence-corrected chi connectivity index (χ0v) is 12.8. The minimum atomic E-state index is 0.286. The van der Waals surface area contributed by atoms with Gasteiger partial charge in [-0.25, -0.2) is 0 Å². The van der Waals surface area contributed by atoms with Crippen LogP contribution in [0.15, 0.2) is 6.20 Å². The predicted molar refractivity (Wildman–Crippen MR) is 80.4 cm³/mol. The van der Waals surface area contributed by atoms with Crippen LogP contribution in [0.3, 0.4) is 0 Å². The van der Waals surface area contributed by atoms with Gasteiger partial charge in [0.15, 0.2) is 0 Å². The standard InChI is InChI=1S/C13H21N7O/c1-5-6-14-11-17-12(19-13(18-11)21-4)15-7-10-8-16-20(3)9(10)2/h8H,5-7H2,1-4H3,(H2,14,15,17,18,19). The molecule has 0 aliphatic heterocycles. The van der Waals surface area contributed by atoms with Crippen LogP contribution in [-0.4, -0.2) is 38.4 Å². The summed E-state index contributed by atoms with van der Waals surface area (Å²) in [5, 5.41) is 10.5. The van der Waals surface area contributed by atoms with Gasteiger partial charge in [0.2, 0.25) is 11.9 Å². The molecule has 0 saturated carbocycles. The minimum absolute atomic E-state index is 0.286. The molecule has 0 saturated heterocycles. The van der Waals surface area contributed by atoms with Crippen LogP contribution in [0.25, 0.3) is 0 Å². The normalized spacial score (nSPS) is 10.5. The Labute approximate surface area is 124 Å². The Morgan fingerprint density at radius 1 is 1.19 bits per heavy atom. The van der Waals surface area contributed by atoms with E-state index in [0.29, 0.717) is 18.4 Å². The third-order valence-corrected chi connectivity index (χ3v) is 3.10. The van der Waals surface area contributed by atoms with Crippen molar-refractivity contribution in [3.63, 3.8) is 0 Å². The fraction of sp³-hybridized carbons (Fsp3) is 0.538. The Morgan fingerprint density at radius 2 is 1.90 bits per heavy atom. The molecule has 0 aliphatic carbocycles. The lowest BCUT2D eigenvalue weighted by molar-refractivity contribution is 0.379. The van der Waals surface area contributed by atoms with Crippen molar-refractivity contribution in [2.24, 2.45) is 7.05 Å². The number of ether oxygens (including phenoxy) is 1. The summed E-state index contributed by atoms with van der Waals surface area (Å²) in [6.45, 7) is 5.50. The first-order valence-corrected chi connectivity index (χ1v) is 6.89. The van der Waals surface area contributed by atoms with Gasteiger partial charge in [0, 0.05) is 31.4 Å². The molecule has 0 atom stereocenters. The monoisotopic (exact) mass is 291 g/mol. The van der Waals surface area contributed by atoms with Gasteiger partial charge >= 0.3 is 6.01 Å². The summed E-state index contributed by atoms with van der Waals surface area (Å²) < 4.78 is 6.93. The van der Waals surface area contributed by atoms with Gasteiger partial charge in [-0.1, -0.05) is 6.92 Å². The van der Waals surface area contributed by atoms with Gasteiger partial charge < -0.3 is 15.4 Å². The van der Waals surface area contributed by atoms with E-state index in [1.54, 1.807) is 0 Å². The van der Waals surface area contributed by atoms with Crippen LogP contribution in [-0.2, 0) is 13.6 Å². The Balaban J connectivity index is 2.09. The summed E-state index contributed by atoms with van der Waals surface area (Å²) >= 11 is 0. The molecule has 2 rings (SSSR count). The molecular formula is C13H21N7O. The molecule has 114 valence electrons. The van der Waals surface area contributed by atoms with Gasteiger partial charge in [0.05, 0.1) is 13.3 Å². The molecule has 0 unspecified atom stereocenters. The van der Waals surface area contributed by atoms with Gasteiger partial charge in [0.1, 0.15) is 0 Å². The van der Waals surface area contributed by atoms with Crippen molar-refractivity contribution in [2.45, 2.75) is 26.8 Å². The molecule has 0 spiro atoms. The molecule has 2 heterocycles. The van der Waals surface area contributed by atoms with E-state index < -0.39 is 0 Å². The molecule has 21 heavy (non-hydrogen) atoms. The summed E-state index contributed by atoms with van der Waals surface area (Å²) in [5.41, 5.74) is 2.20. The number of hydrogen-bond acceptors (Lipinski definition) is 7. The number of aromatic nitrogens is 5. The number of nitrogens with one attached hydrogen (secondary N) is 2. The first kappa shape index (κ1) is 15.0. The third-order valence-electron chi connectivity index (χ3n) is 3.10. The molecule has 2 aromatic heterocycles. The second kappa shape index (κ2) is 6.87. The van der Waals surface area contributed by atoms with E-state index in [4.69, 9.17) is 4.74 Å². The van der Waals surface area contributed by atoms with Crippen LogP contribution in [0.4, 0.5) is 11.9 Å². The van der Waals surface area contributed by atoms with E-state index in [1.807, 2.05) is 24.9 Å². The van der Waals surface area contributed by atoms with Crippen molar-refractivity contribution >= 4 is 11.9 Å². The Hall–Kier alpha value is -2.38. The highest BCUT2D eigenvalue weighted by Crippen LogP contribution is 2.13. The van der Waals surface area contributed by atoms with Gasteiger partial charge in [-0.3, -0.25) is 4.68 Å².